The zero-order valence-corrected chi connectivity index (χ0v) is 11.1. The van der Waals surface area contributed by atoms with E-state index in [-0.39, 0.29) is 23.4 Å². The maximum absolute atomic E-state index is 11.5. The molecule has 0 spiro atoms. The first-order valence-corrected chi connectivity index (χ1v) is 6.67. The molecule has 18 heavy (non-hydrogen) atoms. The molecule has 0 aromatic rings. The molecular formula is C15H20O3. The van der Waals surface area contributed by atoms with E-state index in [1.807, 2.05) is 0 Å². The van der Waals surface area contributed by atoms with Crippen molar-refractivity contribution in [2.45, 2.75) is 45.8 Å². The number of fused-ring (bicyclic) bond motifs is 2. The molecule has 1 N–H and O–H groups in total. The molecule has 0 amide bonds. The average molecular weight is 248 g/mol. The SMILES string of the molecule is CC1=CC2CC(C)(C)C1C[C@@H](O)C1=CC(=O)O[C@H]12. The van der Waals surface area contributed by atoms with Gasteiger partial charge in [0.25, 0.3) is 0 Å². The van der Waals surface area contributed by atoms with Crippen LogP contribution in [0.15, 0.2) is 23.3 Å². The molecule has 3 aliphatic carbocycles. The Balaban J connectivity index is 2.07. The molecule has 4 atom stereocenters. The minimum atomic E-state index is -0.544. The molecule has 4 rings (SSSR count). The number of carbonyl (C=O) groups excluding carboxylic acids is 1. The average Bonchev–Trinajstić information content (AvgIpc) is 2.63. The lowest BCUT2D eigenvalue weighted by atomic mass is 9.60. The highest BCUT2D eigenvalue weighted by atomic mass is 16.5. The number of esters is 1. The van der Waals surface area contributed by atoms with Gasteiger partial charge in [-0.15, -0.1) is 0 Å². The zero-order valence-electron chi connectivity index (χ0n) is 11.1. The van der Waals surface area contributed by atoms with Crippen molar-refractivity contribution in [3.05, 3.63) is 23.3 Å². The number of hydrogen-bond acceptors (Lipinski definition) is 3. The fourth-order valence-corrected chi connectivity index (χ4v) is 4.00. The monoisotopic (exact) mass is 248 g/mol. The summed E-state index contributed by atoms with van der Waals surface area (Å²) in [6.45, 7) is 6.63. The third-order valence-electron chi connectivity index (χ3n) is 4.82. The van der Waals surface area contributed by atoms with E-state index in [9.17, 15) is 9.90 Å². The van der Waals surface area contributed by atoms with E-state index in [4.69, 9.17) is 4.74 Å². The van der Waals surface area contributed by atoms with Crippen LogP contribution in [0.3, 0.4) is 0 Å². The molecule has 1 saturated carbocycles. The Morgan fingerprint density at radius 2 is 2.17 bits per heavy atom. The van der Waals surface area contributed by atoms with Crippen molar-refractivity contribution in [3.63, 3.8) is 0 Å². The van der Waals surface area contributed by atoms with Gasteiger partial charge in [-0.1, -0.05) is 25.5 Å². The summed E-state index contributed by atoms with van der Waals surface area (Å²) in [5, 5.41) is 10.3. The van der Waals surface area contributed by atoms with Crippen molar-refractivity contribution in [2.75, 3.05) is 0 Å². The van der Waals surface area contributed by atoms with Crippen LogP contribution in [-0.4, -0.2) is 23.3 Å². The third-order valence-corrected chi connectivity index (χ3v) is 4.82. The Morgan fingerprint density at radius 3 is 2.83 bits per heavy atom. The van der Waals surface area contributed by atoms with Crippen LogP contribution in [0.1, 0.15) is 33.6 Å². The summed E-state index contributed by atoms with van der Waals surface area (Å²) < 4.78 is 5.40. The van der Waals surface area contributed by atoms with Gasteiger partial charge in [-0.3, -0.25) is 0 Å². The third kappa shape index (κ3) is 1.64. The van der Waals surface area contributed by atoms with Gasteiger partial charge in [-0.25, -0.2) is 4.79 Å². The second kappa shape index (κ2) is 3.70. The molecule has 98 valence electrons. The van der Waals surface area contributed by atoms with E-state index in [0.29, 0.717) is 12.3 Å². The number of aliphatic hydroxyl groups excluding tert-OH is 1. The lowest BCUT2D eigenvalue weighted by molar-refractivity contribution is -0.141. The minimum Gasteiger partial charge on any atom is -0.454 e. The van der Waals surface area contributed by atoms with Crippen molar-refractivity contribution in [3.8, 4) is 0 Å². The Labute approximate surface area is 108 Å². The molecule has 1 fully saturated rings. The Kier molecular flexibility index (Phi) is 2.46. The fraction of sp³-hybridized carbons (Fsp3) is 0.667. The second-order valence-electron chi connectivity index (χ2n) is 6.57. The van der Waals surface area contributed by atoms with Gasteiger partial charge in [-0.2, -0.15) is 0 Å². The normalized spacial score (nSPS) is 41.4. The van der Waals surface area contributed by atoms with E-state index in [2.05, 4.69) is 26.8 Å². The summed E-state index contributed by atoms with van der Waals surface area (Å²) in [5.41, 5.74) is 2.27. The van der Waals surface area contributed by atoms with E-state index >= 15 is 0 Å². The van der Waals surface area contributed by atoms with Gasteiger partial charge in [-0.05, 0) is 31.1 Å². The van der Waals surface area contributed by atoms with Gasteiger partial charge in [0.2, 0.25) is 0 Å². The van der Waals surface area contributed by atoms with Crippen molar-refractivity contribution in [1.82, 2.24) is 0 Å². The van der Waals surface area contributed by atoms with Crippen LogP contribution in [0.5, 0.6) is 0 Å². The predicted molar refractivity (Wildman–Crippen MR) is 67.7 cm³/mol. The molecule has 2 bridgehead atoms. The number of allylic oxidation sites excluding steroid dienone is 1. The van der Waals surface area contributed by atoms with Crippen LogP contribution in [0.25, 0.3) is 0 Å². The Bertz CT molecular complexity index is 458. The highest BCUT2D eigenvalue weighted by Gasteiger charge is 2.47. The van der Waals surface area contributed by atoms with E-state index < -0.39 is 6.10 Å². The molecule has 4 aliphatic rings. The molecule has 1 heterocycles. The van der Waals surface area contributed by atoms with Crippen molar-refractivity contribution in [1.29, 1.82) is 0 Å². The van der Waals surface area contributed by atoms with E-state index in [1.54, 1.807) is 0 Å². The van der Waals surface area contributed by atoms with Gasteiger partial charge < -0.3 is 9.84 Å². The number of carbonyl (C=O) groups is 1. The molecule has 3 heteroatoms. The summed E-state index contributed by atoms with van der Waals surface area (Å²) in [5.74, 6) is 0.300. The lowest BCUT2D eigenvalue weighted by Crippen LogP contribution is -2.43. The van der Waals surface area contributed by atoms with Crippen LogP contribution in [0.2, 0.25) is 0 Å². The fourth-order valence-electron chi connectivity index (χ4n) is 4.00. The van der Waals surface area contributed by atoms with E-state index in [1.165, 1.54) is 11.6 Å². The molecule has 2 unspecified atom stereocenters. The molecule has 1 aliphatic heterocycles. The molecular weight excluding hydrogens is 228 g/mol. The number of rotatable bonds is 0. The lowest BCUT2D eigenvalue weighted by Gasteiger charge is -2.46. The summed E-state index contributed by atoms with van der Waals surface area (Å²) in [4.78, 5) is 11.5. The van der Waals surface area contributed by atoms with Gasteiger partial charge in [0, 0.05) is 17.6 Å². The predicted octanol–water partition coefficient (Wildman–Crippen LogP) is 2.21. The van der Waals surface area contributed by atoms with Crippen LogP contribution >= 0.6 is 0 Å². The highest BCUT2D eigenvalue weighted by molar-refractivity contribution is 5.86. The zero-order chi connectivity index (χ0) is 13.1. The number of aliphatic hydroxyl groups is 1. The van der Waals surface area contributed by atoms with Crippen LogP contribution in [0, 0.1) is 17.3 Å². The largest absolute Gasteiger partial charge is 0.454 e. The molecule has 3 nitrogen and oxygen atoms in total. The summed E-state index contributed by atoms with van der Waals surface area (Å²) in [6.07, 6.45) is 4.66. The van der Waals surface area contributed by atoms with Crippen molar-refractivity contribution in [2.24, 2.45) is 17.3 Å². The van der Waals surface area contributed by atoms with Gasteiger partial charge >= 0.3 is 5.97 Å². The van der Waals surface area contributed by atoms with E-state index in [0.717, 1.165) is 12.0 Å². The van der Waals surface area contributed by atoms with Crippen LogP contribution < -0.4 is 0 Å². The molecule has 0 aromatic carbocycles. The molecule has 0 saturated heterocycles. The molecule has 0 aromatic heterocycles. The summed E-state index contributed by atoms with van der Waals surface area (Å²) >= 11 is 0. The Hall–Kier alpha value is -1.09. The first-order valence-electron chi connectivity index (χ1n) is 6.67. The molecule has 0 radical (unpaired) electrons. The number of hydrogen-bond donors (Lipinski definition) is 1. The first kappa shape index (κ1) is 12.0. The van der Waals surface area contributed by atoms with Crippen LogP contribution in [0.4, 0.5) is 0 Å². The van der Waals surface area contributed by atoms with Crippen molar-refractivity contribution < 1.29 is 14.6 Å². The summed E-state index contributed by atoms with van der Waals surface area (Å²) in [6, 6.07) is 0. The summed E-state index contributed by atoms with van der Waals surface area (Å²) in [7, 11) is 0. The standard InChI is InChI=1S/C15H20O3/c1-8-4-9-7-15(2,3)11(8)6-12(16)10-5-13(17)18-14(9)10/h4-5,9,11-12,14,16H,6-7H2,1-3H3/t9?,11?,12-,14+/m1/s1. The smallest absolute Gasteiger partial charge is 0.331 e. The minimum absolute atomic E-state index is 0.158. The maximum Gasteiger partial charge on any atom is 0.331 e. The van der Waals surface area contributed by atoms with Gasteiger partial charge in [0.1, 0.15) is 6.10 Å². The topological polar surface area (TPSA) is 46.5 Å². The highest BCUT2D eigenvalue weighted by Crippen LogP contribution is 2.51. The van der Waals surface area contributed by atoms with Crippen molar-refractivity contribution >= 4 is 5.97 Å². The van der Waals surface area contributed by atoms with Gasteiger partial charge in [0.05, 0.1) is 6.10 Å². The first-order chi connectivity index (χ1) is 8.38. The Morgan fingerprint density at radius 1 is 1.44 bits per heavy atom. The van der Waals surface area contributed by atoms with Gasteiger partial charge in [0.15, 0.2) is 0 Å². The second-order valence-corrected chi connectivity index (χ2v) is 6.57. The van der Waals surface area contributed by atoms with Crippen LogP contribution in [-0.2, 0) is 9.53 Å². The maximum atomic E-state index is 11.5. The quantitative estimate of drug-likeness (QED) is 0.528. The number of ether oxygens (including phenoxy) is 1.